The summed E-state index contributed by atoms with van der Waals surface area (Å²) in [6, 6.07) is 3.71. The van der Waals surface area contributed by atoms with Gasteiger partial charge in [-0.15, -0.1) is 0 Å². The summed E-state index contributed by atoms with van der Waals surface area (Å²) in [7, 11) is 0. The van der Waals surface area contributed by atoms with Crippen molar-refractivity contribution in [3.05, 3.63) is 23.9 Å². The molecule has 1 amide bonds. The zero-order valence-corrected chi connectivity index (χ0v) is 14.7. The van der Waals surface area contributed by atoms with Gasteiger partial charge in [0, 0.05) is 24.2 Å². The molecule has 2 unspecified atom stereocenters. The lowest BCUT2D eigenvalue weighted by Gasteiger charge is -2.30. The topological polar surface area (TPSA) is 80.3 Å². The van der Waals surface area contributed by atoms with Crippen molar-refractivity contribution in [2.75, 3.05) is 11.9 Å². The number of amides is 1. The van der Waals surface area contributed by atoms with E-state index in [9.17, 15) is 9.59 Å². The van der Waals surface area contributed by atoms with Gasteiger partial charge in [0.15, 0.2) is 0 Å². The Hall–Kier alpha value is -2.11. The number of anilines is 1. The van der Waals surface area contributed by atoms with E-state index < -0.39 is 0 Å². The summed E-state index contributed by atoms with van der Waals surface area (Å²) >= 11 is 0. The highest BCUT2D eigenvalue weighted by Crippen LogP contribution is 2.27. The average molecular weight is 333 g/mol. The SMILES string of the molecule is CCOC(=O)c1cccnc1NC1CCCC(C(=O)NC(C)C)C1. The lowest BCUT2D eigenvalue weighted by atomic mass is 9.85. The third-order valence-corrected chi connectivity index (χ3v) is 4.12. The molecule has 1 aromatic heterocycles. The minimum Gasteiger partial charge on any atom is -0.462 e. The summed E-state index contributed by atoms with van der Waals surface area (Å²) in [5.41, 5.74) is 0.438. The largest absolute Gasteiger partial charge is 0.462 e. The lowest BCUT2D eigenvalue weighted by Crippen LogP contribution is -2.40. The van der Waals surface area contributed by atoms with Gasteiger partial charge in [0.25, 0.3) is 0 Å². The van der Waals surface area contributed by atoms with Gasteiger partial charge in [0.2, 0.25) is 5.91 Å². The van der Waals surface area contributed by atoms with E-state index in [-0.39, 0.29) is 29.9 Å². The fourth-order valence-electron chi connectivity index (χ4n) is 3.05. The molecule has 2 rings (SSSR count). The van der Waals surface area contributed by atoms with Crippen LogP contribution in [0.3, 0.4) is 0 Å². The summed E-state index contributed by atoms with van der Waals surface area (Å²) in [5.74, 6) is 0.278. The molecule has 1 heterocycles. The summed E-state index contributed by atoms with van der Waals surface area (Å²) in [4.78, 5) is 28.6. The van der Waals surface area contributed by atoms with Crippen molar-refractivity contribution in [3.8, 4) is 0 Å². The molecular weight excluding hydrogens is 306 g/mol. The molecule has 1 aliphatic rings. The maximum Gasteiger partial charge on any atom is 0.341 e. The van der Waals surface area contributed by atoms with E-state index in [0.717, 1.165) is 25.7 Å². The van der Waals surface area contributed by atoms with E-state index in [1.54, 1.807) is 25.3 Å². The summed E-state index contributed by atoms with van der Waals surface area (Å²) in [5, 5.41) is 6.32. The van der Waals surface area contributed by atoms with Gasteiger partial charge >= 0.3 is 5.97 Å². The number of rotatable bonds is 6. The highest BCUT2D eigenvalue weighted by Gasteiger charge is 2.28. The normalized spacial score (nSPS) is 20.5. The third kappa shape index (κ3) is 4.94. The number of ether oxygens (including phenoxy) is 1. The molecule has 0 radical (unpaired) electrons. The maximum absolute atomic E-state index is 12.2. The number of carbonyl (C=O) groups excluding carboxylic acids is 2. The molecule has 0 spiro atoms. The molecule has 24 heavy (non-hydrogen) atoms. The van der Waals surface area contributed by atoms with Crippen LogP contribution in [0.5, 0.6) is 0 Å². The van der Waals surface area contributed by atoms with Crippen molar-refractivity contribution in [3.63, 3.8) is 0 Å². The average Bonchev–Trinajstić information content (AvgIpc) is 2.55. The Kier molecular flexibility index (Phi) is 6.58. The molecule has 0 aromatic carbocycles. The quantitative estimate of drug-likeness (QED) is 0.783. The predicted molar refractivity (Wildman–Crippen MR) is 92.8 cm³/mol. The van der Waals surface area contributed by atoms with Crippen LogP contribution in [0.15, 0.2) is 18.3 Å². The van der Waals surface area contributed by atoms with E-state index in [4.69, 9.17) is 4.74 Å². The van der Waals surface area contributed by atoms with Crippen LogP contribution in [-0.4, -0.2) is 35.6 Å². The Bertz CT molecular complexity index is 574. The van der Waals surface area contributed by atoms with Gasteiger partial charge in [0.1, 0.15) is 11.4 Å². The van der Waals surface area contributed by atoms with Crippen molar-refractivity contribution in [2.24, 2.45) is 5.92 Å². The molecule has 6 heteroatoms. The molecule has 2 N–H and O–H groups in total. The van der Waals surface area contributed by atoms with Crippen LogP contribution in [0.25, 0.3) is 0 Å². The predicted octanol–water partition coefficient (Wildman–Crippen LogP) is 2.75. The monoisotopic (exact) mass is 333 g/mol. The molecule has 132 valence electrons. The number of nitrogens with zero attached hydrogens (tertiary/aromatic N) is 1. The van der Waals surface area contributed by atoms with Gasteiger partial charge in [-0.3, -0.25) is 4.79 Å². The Morgan fingerprint density at radius 2 is 2.17 bits per heavy atom. The van der Waals surface area contributed by atoms with Crippen LogP contribution in [-0.2, 0) is 9.53 Å². The number of aromatic nitrogens is 1. The van der Waals surface area contributed by atoms with E-state index in [2.05, 4.69) is 15.6 Å². The van der Waals surface area contributed by atoms with Crippen LogP contribution in [0.4, 0.5) is 5.82 Å². The van der Waals surface area contributed by atoms with Crippen molar-refractivity contribution in [1.29, 1.82) is 0 Å². The number of nitrogens with one attached hydrogen (secondary N) is 2. The standard InChI is InChI=1S/C18H27N3O3/c1-4-24-18(23)15-9-6-10-19-16(15)21-14-8-5-7-13(11-14)17(22)20-12(2)3/h6,9-10,12-14H,4-5,7-8,11H2,1-3H3,(H,19,21)(H,20,22). The zero-order valence-electron chi connectivity index (χ0n) is 14.7. The third-order valence-electron chi connectivity index (χ3n) is 4.12. The molecular formula is C18H27N3O3. The molecule has 1 saturated carbocycles. The van der Waals surface area contributed by atoms with Gasteiger partial charge in [-0.25, -0.2) is 9.78 Å². The van der Waals surface area contributed by atoms with Crippen molar-refractivity contribution < 1.29 is 14.3 Å². The van der Waals surface area contributed by atoms with Gasteiger partial charge in [-0.05, 0) is 52.2 Å². The molecule has 0 saturated heterocycles. The number of carbonyl (C=O) groups is 2. The van der Waals surface area contributed by atoms with Crippen LogP contribution < -0.4 is 10.6 Å². The lowest BCUT2D eigenvalue weighted by molar-refractivity contribution is -0.126. The van der Waals surface area contributed by atoms with E-state index in [1.807, 2.05) is 13.8 Å². The second kappa shape index (κ2) is 8.66. The van der Waals surface area contributed by atoms with Crippen molar-refractivity contribution >= 4 is 17.7 Å². The number of hydrogen-bond donors (Lipinski definition) is 2. The van der Waals surface area contributed by atoms with Gasteiger partial charge in [-0.1, -0.05) is 6.42 Å². The van der Waals surface area contributed by atoms with Gasteiger partial charge < -0.3 is 15.4 Å². The van der Waals surface area contributed by atoms with Crippen LogP contribution >= 0.6 is 0 Å². The zero-order chi connectivity index (χ0) is 17.5. The highest BCUT2D eigenvalue weighted by atomic mass is 16.5. The second-order valence-corrected chi connectivity index (χ2v) is 6.49. The van der Waals surface area contributed by atoms with Crippen molar-refractivity contribution in [1.82, 2.24) is 10.3 Å². The molecule has 0 bridgehead atoms. The Labute approximate surface area is 143 Å². The van der Waals surface area contributed by atoms with E-state index in [0.29, 0.717) is 18.0 Å². The first-order valence-electron chi connectivity index (χ1n) is 8.70. The van der Waals surface area contributed by atoms with Crippen LogP contribution in [0.2, 0.25) is 0 Å². The fourth-order valence-corrected chi connectivity index (χ4v) is 3.05. The first kappa shape index (κ1) is 18.2. The Morgan fingerprint density at radius 3 is 2.88 bits per heavy atom. The number of pyridine rings is 1. The summed E-state index contributed by atoms with van der Waals surface area (Å²) < 4.78 is 5.08. The summed E-state index contributed by atoms with van der Waals surface area (Å²) in [6.45, 7) is 6.04. The first-order chi connectivity index (χ1) is 11.5. The molecule has 0 aliphatic heterocycles. The fraction of sp³-hybridized carbons (Fsp3) is 0.611. The molecule has 2 atom stereocenters. The number of esters is 1. The molecule has 1 aliphatic carbocycles. The Balaban J connectivity index is 2.03. The van der Waals surface area contributed by atoms with Gasteiger partial charge in [0.05, 0.1) is 6.61 Å². The first-order valence-corrected chi connectivity index (χ1v) is 8.70. The van der Waals surface area contributed by atoms with Gasteiger partial charge in [-0.2, -0.15) is 0 Å². The summed E-state index contributed by atoms with van der Waals surface area (Å²) in [6.07, 6.45) is 5.25. The number of hydrogen-bond acceptors (Lipinski definition) is 5. The maximum atomic E-state index is 12.2. The molecule has 1 fully saturated rings. The highest BCUT2D eigenvalue weighted by molar-refractivity contribution is 5.94. The van der Waals surface area contributed by atoms with Crippen molar-refractivity contribution in [2.45, 2.75) is 58.5 Å². The molecule has 1 aromatic rings. The smallest absolute Gasteiger partial charge is 0.341 e. The van der Waals surface area contributed by atoms with Crippen LogP contribution in [0.1, 0.15) is 56.8 Å². The minimum atomic E-state index is -0.377. The minimum absolute atomic E-state index is 0.00778. The second-order valence-electron chi connectivity index (χ2n) is 6.49. The van der Waals surface area contributed by atoms with E-state index >= 15 is 0 Å². The van der Waals surface area contributed by atoms with E-state index in [1.165, 1.54) is 0 Å². The van der Waals surface area contributed by atoms with Crippen LogP contribution in [0, 0.1) is 5.92 Å². The molecule has 6 nitrogen and oxygen atoms in total. The Morgan fingerprint density at radius 1 is 1.38 bits per heavy atom.